The van der Waals surface area contributed by atoms with Crippen LogP contribution in [0.25, 0.3) is 0 Å². The van der Waals surface area contributed by atoms with Gasteiger partial charge in [0.15, 0.2) is 0 Å². The number of hydrogen-bond donors (Lipinski definition) is 0. The SMILES string of the molecule is CC(C)(CN1CN(c2c[c]ccc2)N=N1)c1ccccn1. The monoisotopic (exact) mass is 280 g/mol. The Labute approximate surface area is 124 Å². The first-order valence-electron chi connectivity index (χ1n) is 6.97. The van der Waals surface area contributed by atoms with E-state index in [2.05, 4.69) is 41.4 Å². The van der Waals surface area contributed by atoms with E-state index in [1.807, 2.05) is 52.6 Å². The minimum Gasteiger partial charge on any atom is -0.261 e. The first kappa shape index (κ1) is 13.5. The summed E-state index contributed by atoms with van der Waals surface area (Å²) >= 11 is 0. The van der Waals surface area contributed by atoms with Crippen LogP contribution < -0.4 is 5.01 Å². The van der Waals surface area contributed by atoms with E-state index < -0.39 is 0 Å². The average molecular weight is 280 g/mol. The van der Waals surface area contributed by atoms with Crippen molar-refractivity contribution in [1.29, 1.82) is 0 Å². The van der Waals surface area contributed by atoms with E-state index in [1.165, 1.54) is 0 Å². The lowest BCUT2D eigenvalue weighted by atomic mass is 9.88. The standard InChI is InChI=1S/C16H18N5/c1-16(2,15-10-6-7-11-17-15)12-20-13-21(19-18-20)14-8-4-3-5-9-14/h3-4,6-11H,12-13H2,1-2H3. The maximum Gasteiger partial charge on any atom is 0.132 e. The highest BCUT2D eigenvalue weighted by molar-refractivity contribution is 5.44. The fraction of sp³-hybridized carbons (Fsp3) is 0.312. The molecule has 107 valence electrons. The Kier molecular flexibility index (Phi) is 3.56. The molecule has 2 aromatic rings. The first-order chi connectivity index (χ1) is 10.1. The zero-order valence-electron chi connectivity index (χ0n) is 12.3. The normalized spacial score (nSPS) is 14.8. The lowest BCUT2D eigenvalue weighted by Crippen LogP contribution is -2.36. The molecule has 0 N–H and O–H groups in total. The molecule has 0 unspecified atom stereocenters. The molecule has 0 amide bonds. The summed E-state index contributed by atoms with van der Waals surface area (Å²) in [5.74, 6) is 0. The van der Waals surface area contributed by atoms with Gasteiger partial charge < -0.3 is 0 Å². The average Bonchev–Trinajstić information content (AvgIpc) is 2.97. The van der Waals surface area contributed by atoms with E-state index in [4.69, 9.17) is 0 Å². The fourth-order valence-electron chi connectivity index (χ4n) is 2.38. The molecule has 0 saturated carbocycles. The lowest BCUT2D eigenvalue weighted by Gasteiger charge is -2.28. The van der Waals surface area contributed by atoms with Crippen molar-refractivity contribution in [3.05, 3.63) is 60.4 Å². The Balaban J connectivity index is 1.67. The van der Waals surface area contributed by atoms with Crippen LogP contribution in [0, 0.1) is 6.07 Å². The summed E-state index contributed by atoms with van der Waals surface area (Å²) in [4.78, 5) is 4.45. The highest BCUT2D eigenvalue weighted by atomic mass is 15.8. The summed E-state index contributed by atoms with van der Waals surface area (Å²) in [5.41, 5.74) is 1.98. The fourth-order valence-corrected chi connectivity index (χ4v) is 2.38. The van der Waals surface area contributed by atoms with Gasteiger partial charge in [0.1, 0.15) is 6.67 Å². The summed E-state index contributed by atoms with van der Waals surface area (Å²) in [6.45, 7) is 5.75. The van der Waals surface area contributed by atoms with E-state index in [-0.39, 0.29) is 5.41 Å². The van der Waals surface area contributed by atoms with E-state index >= 15 is 0 Å². The van der Waals surface area contributed by atoms with Gasteiger partial charge in [-0.3, -0.25) is 9.99 Å². The maximum absolute atomic E-state index is 4.45. The summed E-state index contributed by atoms with van der Waals surface area (Å²) in [6.07, 6.45) is 1.83. The molecule has 0 atom stereocenters. The quantitative estimate of drug-likeness (QED) is 0.863. The van der Waals surface area contributed by atoms with Gasteiger partial charge in [0, 0.05) is 17.3 Å². The summed E-state index contributed by atoms with van der Waals surface area (Å²) in [5, 5.41) is 12.3. The first-order valence-corrected chi connectivity index (χ1v) is 6.97. The molecule has 1 aromatic carbocycles. The van der Waals surface area contributed by atoms with Gasteiger partial charge in [-0.05, 0) is 35.6 Å². The Bertz CT molecular complexity index is 609. The molecule has 5 heteroatoms. The van der Waals surface area contributed by atoms with Gasteiger partial charge in [0.05, 0.1) is 12.2 Å². The number of hydrogen-bond acceptors (Lipinski definition) is 5. The van der Waals surface area contributed by atoms with Crippen molar-refractivity contribution in [3.8, 4) is 0 Å². The third kappa shape index (κ3) is 3.02. The van der Waals surface area contributed by atoms with Crippen molar-refractivity contribution >= 4 is 5.69 Å². The number of rotatable bonds is 4. The molecule has 0 saturated heterocycles. The van der Waals surface area contributed by atoms with Crippen molar-refractivity contribution < 1.29 is 0 Å². The van der Waals surface area contributed by atoms with E-state index in [1.54, 1.807) is 0 Å². The molecular weight excluding hydrogens is 262 g/mol. The predicted molar refractivity (Wildman–Crippen MR) is 81.4 cm³/mol. The molecule has 1 radical (unpaired) electrons. The molecule has 0 spiro atoms. The molecule has 1 aliphatic rings. The second-order valence-corrected chi connectivity index (χ2v) is 5.74. The largest absolute Gasteiger partial charge is 0.261 e. The predicted octanol–water partition coefficient (Wildman–Crippen LogP) is 3.22. The molecule has 5 nitrogen and oxygen atoms in total. The van der Waals surface area contributed by atoms with Crippen LogP contribution in [0.5, 0.6) is 0 Å². The Morgan fingerprint density at radius 1 is 1.19 bits per heavy atom. The summed E-state index contributed by atoms with van der Waals surface area (Å²) in [7, 11) is 0. The van der Waals surface area contributed by atoms with Crippen LogP contribution in [0.2, 0.25) is 0 Å². The minimum atomic E-state index is -0.0842. The molecule has 1 aliphatic heterocycles. The van der Waals surface area contributed by atoms with E-state index in [0.29, 0.717) is 6.67 Å². The van der Waals surface area contributed by atoms with Crippen LogP contribution in [0.4, 0.5) is 5.69 Å². The smallest absolute Gasteiger partial charge is 0.132 e. The van der Waals surface area contributed by atoms with Crippen LogP contribution in [-0.2, 0) is 5.41 Å². The third-order valence-electron chi connectivity index (χ3n) is 3.50. The van der Waals surface area contributed by atoms with Crippen LogP contribution in [0.15, 0.2) is 59.1 Å². The van der Waals surface area contributed by atoms with Crippen molar-refractivity contribution in [2.24, 2.45) is 10.4 Å². The second-order valence-electron chi connectivity index (χ2n) is 5.74. The van der Waals surface area contributed by atoms with Crippen LogP contribution in [-0.4, -0.2) is 23.2 Å². The lowest BCUT2D eigenvalue weighted by molar-refractivity contribution is 0.249. The zero-order chi connectivity index (χ0) is 14.7. The highest BCUT2D eigenvalue weighted by Gasteiger charge is 2.28. The molecule has 0 fully saturated rings. The van der Waals surface area contributed by atoms with Gasteiger partial charge in [-0.1, -0.05) is 37.3 Å². The topological polar surface area (TPSA) is 44.1 Å². The number of pyridine rings is 1. The highest BCUT2D eigenvalue weighted by Crippen LogP contribution is 2.25. The number of anilines is 1. The van der Waals surface area contributed by atoms with Crippen molar-refractivity contribution in [1.82, 2.24) is 9.99 Å². The van der Waals surface area contributed by atoms with Gasteiger partial charge >= 0.3 is 0 Å². The van der Waals surface area contributed by atoms with Gasteiger partial charge in [-0.2, -0.15) is 0 Å². The van der Waals surface area contributed by atoms with Crippen molar-refractivity contribution in [2.75, 3.05) is 18.2 Å². The molecule has 0 bridgehead atoms. The van der Waals surface area contributed by atoms with Crippen LogP contribution >= 0.6 is 0 Å². The number of nitrogens with zero attached hydrogens (tertiary/aromatic N) is 5. The van der Waals surface area contributed by atoms with Crippen molar-refractivity contribution in [2.45, 2.75) is 19.3 Å². The van der Waals surface area contributed by atoms with Gasteiger partial charge in [-0.15, -0.1) is 0 Å². The number of aromatic nitrogens is 1. The summed E-state index contributed by atoms with van der Waals surface area (Å²) < 4.78 is 0. The molecule has 3 rings (SSSR count). The molecule has 21 heavy (non-hydrogen) atoms. The van der Waals surface area contributed by atoms with Gasteiger partial charge in [0.2, 0.25) is 0 Å². The van der Waals surface area contributed by atoms with Gasteiger partial charge in [0.25, 0.3) is 0 Å². The second kappa shape index (κ2) is 5.52. The van der Waals surface area contributed by atoms with Crippen LogP contribution in [0.1, 0.15) is 19.5 Å². The number of benzene rings is 1. The molecular formula is C16H18N5. The Hall–Kier alpha value is -2.43. The Morgan fingerprint density at radius 3 is 2.81 bits per heavy atom. The minimum absolute atomic E-state index is 0.0842. The molecule has 2 heterocycles. The zero-order valence-corrected chi connectivity index (χ0v) is 12.3. The summed E-state index contributed by atoms with van der Waals surface area (Å²) in [6, 6.07) is 16.8. The van der Waals surface area contributed by atoms with E-state index in [0.717, 1.165) is 17.9 Å². The molecule has 1 aromatic heterocycles. The Morgan fingerprint density at radius 2 is 2.10 bits per heavy atom. The van der Waals surface area contributed by atoms with E-state index in [9.17, 15) is 0 Å². The van der Waals surface area contributed by atoms with Crippen molar-refractivity contribution in [3.63, 3.8) is 0 Å². The molecule has 0 aliphatic carbocycles. The maximum atomic E-state index is 4.45. The van der Waals surface area contributed by atoms with Crippen LogP contribution in [0.3, 0.4) is 0 Å². The third-order valence-corrected chi connectivity index (χ3v) is 3.50. The van der Waals surface area contributed by atoms with Gasteiger partial charge in [-0.25, -0.2) is 5.01 Å².